The normalized spacial score (nSPS) is 16.2. The topological polar surface area (TPSA) is 37.4 Å². The summed E-state index contributed by atoms with van der Waals surface area (Å²) in [5.41, 5.74) is 1.80. The summed E-state index contributed by atoms with van der Waals surface area (Å²) >= 11 is 3.34. The zero-order chi connectivity index (χ0) is 10.8. The zero-order valence-corrected chi connectivity index (χ0v) is 9.66. The van der Waals surface area contributed by atoms with Crippen LogP contribution in [-0.4, -0.2) is 11.8 Å². The standard InChI is InChI=1S/C11H10BrNO2/c12-7-8-1-3-9(4-2-8)13-10(14)5-6-11(13)15/h1-4H,5-7H2. The third kappa shape index (κ3) is 1.95. The first-order chi connectivity index (χ1) is 7.22. The molecule has 1 heterocycles. The summed E-state index contributed by atoms with van der Waals surface area (Å²) in [6, 6.07) is 7.42. The van der Waals surface area contributed by atoms with E-state index in [1.165, 1.54) is 4.90 Å². The molecule has 0 unspecified atom stereocenters. The van der Waals surface area contributed by atoms with Gasteiger partial charge in [0.05, 0.1) is 5.69 Å². The number of alkyl halides is 1. The highest BCUT2D eigenvalue weighted by Crippen LogP contribution is 2.23. The molecule has 1 fully saturated rings. The van der Waals surface area contributed by atoms with Crippen molar-refractivity contribution in [3.8, 4) is 0 Å². The van der Waals surface area contributed by atoms with Crippen molar-refractivity contribution in [1.29, 1.82) is 0 Å². The van der Waals surface area contributed by atoms with Crippen molar-refractivity contribution in [2.24, 2.45) is 0 Å². The van der Waals surface area contributed by atoms with Crippen LogP contribution in [-0.2, 0) is 14.9 Å². The van der Waals surface area contributed by atoms with Crippen LogP contribution in [0.15, 0.2) is 24.3 Å². The lowest BCUT2D eigenvalue weighted by atomic mass is 10.2. The van der Waals surface area contributed by atoms with Gasteiger partial charge in [0.2, 0.25) is 11.8 Å². The number of hydrogen-bond acceptors (Lipinski definition) is 2. The summed E-state index contributed by atoms with van der Waals surface area (Å²) in [5, 5.41) is 0.773. The molecule has 1 aromatic rings. The number of amides is 2. The lowest BCUT2D eigenvalue weighted by Crippen LogP contribution is -2.28. The van der Waals surface area contributed by atoms with Gasteiger partial charge in [-0.15, -0.1) is 0 Å². The van der Waals surface area contributed by atoms with Gasteiger partial charge in [-0.25, -0.2) is 0 Å². The van der Waals surface area contributed by atoms with Gasteiger partial charge >= 0.3 is 0 Å². The zero-order valence-electron chi connectivity index (χ0n) is 8.07. The van der Waals surface area contributed by atoms with Gasteiger partial charge in [-0.2, -0.15) is 0 Å². The SMILES string of the molecule is O=C1CCC(=O)N1c1ccc(CBr)cc1. The first-order valence-electron chi connectivity index (χ1n) is 4.73. The first-order valence-corrected chi connectivity index (χ1v) is 5.85. The van der Waals surface area contributed by atoms with Gasteiger partial charge in [-0.05, 0) is 17.7 Å². The number of anilines is 1. The molecule has 1 saturated heterocycles. The van der Waals surface area contributed by atoms with Gasteiger partial charge in [0, 0.05) is 18.2 Å². The van der Waals surface area contributed by atoms with E-state index in [2.05, 4.69) is 15.9 Å². The monoisotopic (exact) mass is 267 g/mol. The molecule has 0 spiro atoms. The largest absolute Gasteiger partial charge is 0.274 e. The molecule has 0 bridgehead atoms. The Kier molecular flexibility index (Phi) is 2.86. The van der Waals surface area contributed by atoms with E-state index in [9.17, 15) is 9.59 Å². The van der Waals surface area contributed by atoms with Gasteiger partial charge in [-0.1, -0.05) is 28.1 Å². The molecule has 0 atom stereocenters. The number of halogens is 1. The number of rotatable bonds is 2. The number of carbonyl (C=O) groups is 2. The fourth-order valence-electron chi connectivity index (χ4n) is 1.60. The number of nitrogens with zero attached hydrogens (tertiary/aromatic N) is 1. The summed E-state index contributed by atoms with van der Waals surface area (Å²) in [7, 11) is 0. The minimum atomic E-state index is -0.105. The Labute approximate surface area is 96.2 Å². The number of hydrogen-bond donors (Lipinski definition) is 0. The fraction of sp³-hybridized carbons (Fsp3) is 0.273. The van der Waals surface area contributed by atoms with E-state index in [0.29, 0.717) is 18.5 Å². The van der Waals surface area contributed by atoms with Crippen molar-refractivity contribution in [3.63, 3.8) is 0 Å². The van der Waals surface area contributed by atoms with Crippen molar-refractivity contribution in [1.82, 2.24) is 0 Å². The minimum absolute atomic E-state index is 0.105. The highest BCUT2D eigenvalue weighted by Gasteiger charge is 2.29. The Morgan fingerprint density at radius 2 is 1.60 bits per heavy atom. The van der Waals surface area contributed by atoms with Crippen LogP contribution in [0.1, 0.15) is 18.4 Å². The summed E-state index contributed by atoms with van der Waals surface area (Å²) in [6.07, 6.45) is 0.665. The Morgan fingerprint density at radius 3 is 2.07 bits per heavy atom. The van der Waals surface area contributed by atoms with Crippen molar-refractivity contribution >= 4 is 33.4 Å². The first kappa shape index (κ1) is 10.4. The Hall–Kier alpha value is -1.16. The molecule has 0 N–H and O–H groups in total. The molecule has 0 radical (unpaired) electrons. The van der Waals surface area contributed by atoms with Crippen LogP contribution >= 0.6 is 15.9 Å². The Bertz CT molecular complexity index is 384. The van der Waals surface area contributed by atoms with Crippen molar-refractivity contribution in [3.05, 3.63) is 29.8 Å². The van der Waals surface area contributed by atoms with Crippen molar-refractivity contribution in [2.45, 2.75) is 18.2 Å². The average molecular weight is 268 g/mol. The molecule has 1 aliphatic heterocycles. The molecule has 3 nitrogen and oxygen atoms in total. The molecular formula is C11H10BrNO2. The van der Waals surface area contributed by atoms with Crippen LogP contribution in [0.5, 0.6) is 0 Å². The van der Waals surface area contributed by atoms with Gasteiger partial charge in [0.15, 0.2) is 0 Å². The second-order valence-corrected chi connectivity index (χ2v) is 3.98. The summed E-state index contributed by atoms with van der Waals surface area (Å²) in [6.45, 7) is 0. The van der Waals surface area contributed by atoms with E-state index in [1.807, 2.05) is 12.1 Å². The second kappa shape index (κ2) is 4.14. The number of benzene rings is 1. The predicted octanol–water partition coefficient (Wildman–Crippen LogP) is 2.23. The van der Waals surface area contributed by atoms with Gasteiger partial charge in [-0.3, -0.25) is 14.5 Å². The number of imide groups is 1. The van der Waals surface area contributed by atoms with E-state index in [1.54, 1.807) is 12.1 Å². The molecule has 0 aliphatic carbocycles. The smallest absolute Gasteiger partial charge is 0.234 e. The maximum atomic E-state index is 11.4. The quantitative estimate of drug-likeness (QED) is 0.609. The van der Waals surface area contributed by atoms with Gasteiger partial charge in [0.1, 0.15) is 0 Å². The van der Waals surface area contributed by atoms with E-state index >= 15 is 0 Å². The maximum absolute atomic E-state index is 11.4. The number of carbonyl (C=O) groups excluding carboxylic acids is 2. The predicted molar refractivity (Wildman–Crippen MR) is 60.8 cm³/mol. The van der Waals surface area contributed by atoms with Gasteiger partial charge < -0.3 is 0 Å². The van der Waals surface area contributed by atoms with Crippen LogP contribution < -0.4 is 4.90 Å². The Balaban J connectivity index is 2.29. The second-order valence-electron chi connectivity index (χ2n) is 3.42. The highest BCUT2D eigenvalue weighted by atomic mass is 79.9. The lowest BCUT2D eigenvalue weighted by Gasteiger charge is -2.13. The van der Waals surface area contributed by atoms with Crippen LogP contribution in [0.2, 0.25) is 0 Å². The molecule has 2 rings (SSSR count). The third-order valence-electron chi connectivity index (χ3n) is 2.40. The van der Waals surface area contributed by atoms with Crippen molar-refractivity contribution < 1.29 is 9.59 Å². The molecule has 1 aliphatic rings. The average Bonchev–Trinajstić information content (AvgIpc) is 2.59. The van der Waals surface area contributed by atoms with Gasteiger partial charge in [0.25, 0.3) is 0 Å². The maximum Gasteiger partial charge on any atom is 0.234 e. The molecule has 1 aromatic carbocycles. The molecule has 0 aromatic heterocycles. The highest BCUT2D eigenvalue weighted by molar-refractivity contribution is 9.08. The van der Waals surface area contributed by atoms with E-state index in [0.717, 1.165) is 10.9 Å². The summed E-state index contributed by atoms with van der Waals surface area (Å²) in [5.74, 6) is -0.210. The molecule has 15 heavy (non-hydrogen) atoms. The lowest BCUT2D eigenvalue weighted by molar-refractivity contribution is -0.121. The summed E-state index contributed by atoms with van der Waals surface area (Å²) < 4.78 is 0. The summed E-state index contributed by atoms with van der Waals surface area (Å²) in [4.78, 5) is 24.1. The molecule has 78 valence electrons. The van der Waals surface area contributed by atoms with Crippen LogP contribution in [0.25, 0.3) is 0 Å². The molecular weight excluding hydrogens is 258 g/mol. The van der Waals surface area contributed by atoms with Crippen LogP contribution in [0, 0.1) is 0 Å². The minimum Gasteiger partial charge on any atom is -0.274 e. The van der Waals surface area contributed by atoms with E-state index in [4.69, 9.17) is 0 Å². The fourth-order valence-corrected chi connectivity index (χ4v) is 1.97. The Morgan fingerprint density at radius 1 is 1.07 bits per heavy atom. The van der Waals surface area contributed by atoms with Crippen LogP contribution in [0.4, 0.5) is 5.69 Å². The molecule has 4 heteroatoms. The van der Waals surface area contributed by atoms with Crippen molar-refractivity contribution in [2.75, 3.05) is 4.90 Å². The molecule has 2 amide bonds. The molecule has 0 saturated carbocycles. The van der Waals surface area contributed by atoms with E-state index < -0.39 is 0 Å². The van der Waals surface area contributed by atoms with Crippen LogP contribution in [0.3, 0.4) is 0 Å². The third-order valence-corrected chi connectivity index (χ3v) is 3.05. The van der Waals surface area contributed by atoms with E-state index in [-0.39, 0.29) is 11.8 Å².